The Bertz CT molecular complexity index is 933. The first-order valence-corrected chi connectivity index (χ1v) is 7.35. The van der Waals surface area contributed by atoms with Crippen LogP contribution in [0.2, 0.25) is 5.15 Å². The maximum absolute atomic E-state index is 9.52. The van der Waals surface area contributed by atoms with Gasteiger partial charge in [-0.15, -0.1) is 0 Å². The fraction of sp³-hybridized carbons (Fsp3) is 0.333. The molecule has 0 saturated heterocycles. The monoisotopic (exact) mass is 312 g/mol. The molecule has 2 unspecified atom stereocenters. The standard InChI is InChI=1S/C15H13ClN6/c1-15(11-3-4-21(2)19-11)6-9(7-17)10-8-18-13-5-12(16)20-22(13)14(10)15/h3-5,8-9H,6H2,1-2H3. The van der Waals surface area contributed by atoms with Gasteiger partial charge >= 0.3 is 0 Å². The van der Waals surface area contributed by atoms with Gasteiger partial charge in [0, 0.05) is 31.1 Å². The number of halogens is 1. The summed E-state index contributed by atoms with van der Waals surface area (Å²) in [5.41, 5.74) is 3.07. The first kappa shape index (κ1) is 13.3. The predicted octanol–water partition coefficient (Wildman–Crippen LogP) is 2.43. The van der Waals surface area contributed by atoms with Crippen molar-refractivity contribution in [3.8, 4) is 6.07 Å². The van der Waals surface area contributed by atoms with E-state index in [1.54, 1.807) is 21.5 Å². The van der Waals surface area contributed by atoms with Crippen LogP contribution in [0.5, 0.6) is 0 Å². The summed E-state index contributed by atoms with van der Waals surface area (Å²) in [4.78, 5) is 4.38. The van der Waals surface area contributed by atoms with Gasteiger partial charge in [0.25, 0.3) is 0 Å². The highest BCUT2D eigenvalue weighted by Crippen LogP contribution is 2.48. The predicted molar refractivity (Wildman–Crippen MR) is 80.6 cm³/mol. The third-order valence-electron chi connectivity index (χ3n) is 4.43. The topological polar surface area (TPSA) is 71.8 Å². The summed E-state index contributed by atoms with van der Waals surface area (Å²) in [5.74, 6) is -0.220. The zero-order valence-electron chi connectivity index (χ0n) is 12.2. The van der Waals surface area contributed by atoms with Crippen molar-refractivity contribution in [2.75, 3.05) is 0 Å². The molecule has 0 aromatic carbocycles. The highest BCUT2D eigenvalue weighted by atomic mass is 35.5. The largest absolute Gasteiger partial charge is 0.276 e. The van der Waals surface area contributed by atoms with E-state index in [1.807, 2.05) is 19.3 Å². The van der Waals surface area contributed by atoms with Crippen molar-refractivity contribution in [3.05, 3.63) is 46.6 Å². The number of nitrogens with zero attached hydrogens (tertiary/aromatic N) is 6. The van der Waals surface area contributed by atoms with Crippen LogP contribution >= 0.6 is 11.6 Å². The highest BCUT2D eigenvalue weighted by Gasteiger charge is 2.46. The highest BCUT2D eigenvalue weighted by molar-refractivity contribution is 6.29. The Morgan fingerprint density at radius 3 is 2.95 bits per heavy atom. The van der Waals surface area contributed by atoms with Crippen LogP contribution in [0.15, 0.2) is 24.5 Å². The summed E-state index contributed by atoms with van der Waals surface area (Å²) in [6.45, 7) is 2.10. The van der Waals surface area contributed by atoms with Crippen LogP contribution in [-0.2, 0) is 12.5 Å². The van der Waals surface area contributed by atoms with Crippen LogP contribution in [0.4, 0.5) is 0 Å². The molecule has 0 amide bonds. The molecule has 0 fully saturated rings. The van der Waals surface area contributed by atoms with E-state index in [1.165, 1.54) is 0 Å². The molecule has 22 heavy (non-hydrogen) atoms. The van der Waals surface area contributed by atoms with Crippen LogP contribution in [0, 0.1) is 11.3 Å². The van der Waals surface area contributed by atoms with E-state index in [9.17, 15) is 5.26 Å². The van der Waals surface area contributed by atoms with Gasteiger partial charge in [0.15, 0.2) is 10.8 Å². The maximum Gasteiger partial charge on any atom is 0.156 e. The summed E-state index contributed by atoms with van der Waals surface area (Å²) >= 11 is 6.04. The molecular weight excluding hydrogens is 300 g/mol. The Hall–Kier alpha value is -2.39. The molecular formula is C15H13ClN6. The number of hydrogen-bond donors (Lipinski definition) is 0. The lowest BCUT2D eigenvalue weighted by atomic mass is 9.83. The number of rotatable bonds is 1. The molecule has 1 aliphatic carbocycles. The zero-order valence-corrected chi connectivity index (χ0v) is 12.9. The van der Waals surface area contributed by atoms with Crippen molar-refractivity contribution in [1.29, 1.82) is 5.26 Å². The second-order valence-electron chi connectivity index (χ2n) is 5.89. The normalized spacial score (nSPS) is 23.6. The van der Waals surface area contributed by atoms with Crippen molar-refractivity contribution in [2.45, 2.75) is 24.7 Å². The van der Waals surface area contributed by atoms with Crippen LogP contribution in [0.25, 0.3) is 5.65 Å². The van der Waals surface area contributed by atoms with E-state index in [0.717, 1.165) is 17.0 Å². The Balaban J connectivity index is 2.06. The zero-order chi connectivity index (χ0) is 15.5. The van der Waals surface area contributed by atoms with Gasteiger partial charge in [0.05, 0.1) is 28.8 Å². The molecule has 0 spiro atoms. The van der Waals surface area contributed by atoms with Crippen molar-refractivity contribution in [3.63, 3.8) is 0 Å². The number of nitriles is 1. The number of aryl methyl sites for hydroxylation is 1. The maximum atomic E-state index is 9.52. The van der Waals surface area contributed by atoms with E-state index >= 15 is 0 Å². The Morgan fingerprint density at radius 1 is 1.45 bits per heavy atom. The van der Waals surface area contributed by atoms with Crippen molar-refractivity contribution < 1.29 is 0 Å². The third-order valence-corrected chi connectivity index (χ3v) is 4.61. The molecule has 7 heteroatoms. The van der Waals surface area contributed by atoms with Gasteiger partial charge in [-0.05, 0) is 19.4 Å². The van der Waals surface area contributed by atoms with Crippen LogP contribution in [0.1, 0.15) is 36.2 Å². The van der Waals surface area contributed by atoms with Gasteiger partial charge in [-0.1, -0.05) is 11.6 Å². The molecule has 0 saturated carbocycles. The first-order chi connectivity index (χ1) is 10.5. The van der Waals surface area contributed by atoms with E-state index in [-0.39, 0.29) is 5.92 Å². The second-order valence-corrected chi connectivity index (χ2v) is 6.28. The number of aromatic nitrogens is 5. The summed E-state index contributed by atoms with van der Waals surface area (Å²) in [6.07, 6.45) is 4.34. The molecule has 4 rings (SSSR count). The third kappa shape index (κ3) is 1.63. The minimum atomic E-state index is -0.395. The number of hydrogen-bond acceptors (Lipinski definition) is 4. The van der Waals surface area contributed by atoms with Crippen molar-refractivity contribution in [1.82, 2.24) is 24.4 Å². The van der Waals surface area contributed by atoms with Gasteiger partial charge < -0.3 is 0 Å². The molecule has 0 N–H and O–H groups in total. The van der Waals surface area contributed by atoms with Crippen molar-refractivity contribution in [2.24, 2.45) is 7.05 Å². The molecule has 110 valence electrons. The summed E-state index contributed by atoms with van der Waals surface area (Å²) in [5, 5.41) is 18.8. The van der Waals surface area contributed by atoms with Gasteiger partial charge in [-0.3, -0.25) is 4.68 Å². The van der Waals surface area contributed by atoms with E-state index in [2.05, 4.69) is 28.2 Å². The smallest absolute Gasteiger partial charge is 0.156 e. The van der Waals surface area contributed by atoms with Gasteiger partial charge in [0.1, 0.15) is 0 Å². The molecule has 2 atom stereocenters. The molecule has 3 aromatic rings. The molecule has 0 radical (unpaired) electrons. The van der Waals surface area contributed by atoms with Gasteiger partial charge in [0.2, 0.25) is 0 Å². The fourth-order valence-corrected chi connectivity index (χ4v) is 3.56. The molecule has 0 aliphatic heterocycles. The summed E-state index contributed by atoms with van der Waals surface area (Å²) in [6, 6.07) is 6.08. The number of fused-ring (bicyclic) bond motifs is 3. The molecule has 0 bridgehead atoms. The lowest BCUT2D eigenvalue weighted by Crippen LogP contribution is -2.24. The molecule has 6 nitrogen and oxygen atoms in total. The minimum Gasteiger partial charge on any atom is -0.276 e. The van der Waals surface area contributed by atoms with E-state index in [4.69, 9.17) is 11.6 Å². The summed E-state index contributed by atoms with van der Waals surface area (Å²) < 4.78 is 3.53. The average Bonchev–Trinajstić information content (AvgIpc) is 3.14. The Morgan fingerprint density at radius 2 is 2.27 bits per heavy atom. The molecule has 3 aromatic heterocycles. The van der Waals surface area contributed by atoms with Gasteiger partial charge in [-0.2, -0.15) is 15.5 Å². The van der Waals surface area contributed by atoms with Crippen molar-refractivity contribution >= 4 is 17.2 Å². The Labute approximate surface area is 132 Å². The summed E-state index contributed by atoms with van der Waals surface area (Å²) in [7, 11) is 1.89. The van der Waals surface area contributed by atoms with Crippen LogP contribution in [0.3, 0.4) is 0 Å². The lowest BCUT2D eigenvalue weighted by molar-refractivity contribution is 0.500. The van der Waals surface area contributed by atoms with Gasteiger partial charge in [-0.25, -0.2) is 9.50 Å². The van der Waals surface area contributed by atoms with Crippen LogP contribution in [-0.4, -0.2) is 24.4 Å². The minimum absolute atomic E-state index is 0.220. The lowest BCUT2D eigenvalue weighted by Gasteiger charge is -2.23. The van der Waals surface area contributed by atoms with E-state index in [0.29, 0.717) is 17.2 Å². The quantitative estimate of drug-likeness (QED) is 0.692. The van der Waals surface area contributed by atoms with Crippen LogP contribution < -0.4 is 0 Å². The molecule has 1 aliphatic rings. The SMILES string of the molecule is Cn1ccc(C2(C)CC(C#N)c3cnc4cc(Cl)nn4c32)n1. The first-order valence-electron chi connectivity index (χ1n) is 6.97. The second kappa shape index (κ2) is 4.31. The molecule has 3 heterocycles. The fourth-order valence-electron chi connectivity index (χ4n) is 3.39. The van der Waals surface area contributed by atoms with E-state index < -0.39 is 5.41 Å². The Kier molecular flexibility index (Phi) is 2.60. The average molecular weight is 313 g/mol.